The van der Waals surface area contributed by atoms with Crippen molar-refractivity contribution in [3.63, 3.8) is 0 Å². The number of anilines is 1. The van der Waals surface area contributed by atoms with Gasteiger partial charge in [0.05, 0.1) is 16.9 Å². The van der Waals surface area contributed by atoms with Crippen LogP contribution in [-0.4, -0.2) is 16.0 Å². The molecule has 1 heterocycles. The molecular weight excluding hydrogens is 336 g/mol. The van der Waals surface area contributed by atoms with Crippen molar-refractivity contribution in [1.82, 2.24) is 15.5 Å². The highest BCUT2D eigenvalue weighted by Crippen LogP contribution is 2.14. The largest absolute Gasteiger partial charge is 0.380 e. The number of nitrogens with one attached hydrogen (secondary N) is 3. The van der Waals surface area contributed by atoms with Gasteiger partial charge in [0.2, 0.25) is 0 Å². The minimum atomic E-state index is -0.508. The highest BCUT2D eigenvalue weighted by molar-refractivity contribution is 6.31. The quantitative estimate of drug-likeness (QED) is 0.420. The maximum atomic E-state index is 13.5. The summed E-state index contributed by atoms with van der Waals surface area (Å²) in [4.78, 5) is 4.14. The van der Waals surface area contributed by atoms with Crippen molar-refractivity contribution in [2.75, 3.05) is 5.32 Å². The van der Waals surface area contributed by atoms with Gasteiger partial charge in [0.15, 0.2) is 0 Å². The molecule has 0 spiro atoms. The van der Waals surface area contributed by atoms with Crippen molar-refractivity contribution in [2.24, 2.45) is 4.99 Å². The smallest absolute Gasteiger partial charge is 0.128 e. The first-order valence-electron chi connectivity index (χ1n) is 6.98. The Morgan fingerprint density at radius 3 is 2.96 bits per heavy atom. The number of nitrogens with zero attached hydrogens (tertiary/aromatic N) is 2. The molecule has 24 heavy (non-hydrogen) atoms. The van der Waals surface area contributed by atoms with E-state index in [2.05, 4.69) is 32.4 Å². The average molecular weight is 352 g/mol. The molecule has 8 heteroatoms. The standard InChI is InChI=1S/C16H16ClF2N5/c1-10(20-6-12-5-13(18)3-4-16(12)19)15(17)9-21-11(2)24-14-7-22-23-8-14/h3-5,7-9,20H,1,6H2,2H3,(H,21,24)(H,22,23)/b15-9+. The van der Waals surface area contributed by atoms with Gasteiger partial charge in [-0.05, 0) is 25.1 Å². The molecule has 0 aliphatic carbocycles. The summed E-state index contributed by atoms with van der Waals surface area (Å²) in [5, 5.41) is 12.5. The molecule has 0 bridgehead atoms. The minimum Gasteiger partial charge on any atom is -0.380 e. The number of H-pyrrole nitrogens is 1. The zero-order valence-electron chi connectivity index (χ0n) is 12.9. The highest BCUT2D eigenvalue weighted by atomic mass is 35.5. The third kappa shape index (κ3) is 5.20. The first-order chi connectivity index (χ1) is 11.5. The topological polar surface area (TPSA) is 65.1 Å². The monoisotopic (exact) mass is 351 g/mol. The number of benzene rings is 1. The third-order valence-electron chi connectivity index (χ3n) is 2.98. The Labute approximate surface area is 143 Å². The lowest BCUT2D eigenvalue weighted by Crippen LogP contribution is -2.13. The molecule has 0 aliphatic heterocycles. The second-order valence-electron chi connectivity index (χ2n) is 4.87. The molecule has 0 amide bonds. The van der Waals surface area contributed by atoms with Crippen molar-refractivity contribution < 1.29 is 8.78 Å². The van der Waals surface area contributed by atoms with E-state index in [0.717, 1.165) is 23.9 Å². The lowest BCUT2D eigenvalue weighted by Gasteiger charge is -2.09. The summed E-state index contributed by atoms with van der Waals surface area (Å²) in [5.74, 6) is -0.417. The van der Waals surface area contributed by atoms with Crippen molar-refractivity contribution >= 4 is 23.1 Å². The van der Waals surface area contributed by atoms with Gasteiger partial charge in [-0.3, -0.25) is 5.10 Å². The average Bonchev–Trinajstić information content (AvgIpc) is 3.06. The second-order valence-corrected chi connectivity index (χ2v) is 5.28. The SMILES string of the molecule is C=C(NCc1cc(F)ccc1F)/C(Cl)=C\N=C(C)Nc1cn[nH]c1. The summed E-state index contributed by atoms with van der Waals surface area (Å²) >= 11 is 6.07. The number of amidine groups is 1. The van der Waals surface area contributed by atoms with Crippen LogP contribution >= 0.6 is 11.6 Å². The summed E-state index contributed by atoms with van der Waals surface area (Å²) in [5.41, 5.74) is 1.29. The maximum Gasteiger partial charge on any atom is 0.128 e. The number of hydrogen-bond acceptors (Lipinski definition) is 3. The molecule has 1 aromatic carbocycles. The predicted octanol–water partition coefficient (Wildman–Crippen LogP) is 3.90. The molecule has 0 unspecified atom stereocenters. The van der Waals surface area contributed by atoms with E-state index in [1.807, 2.05) is 0 Å². The van der Waals surface area contributed by atoms with Crippen LogP contribution in [0.3, 0.4) is 0 Å². The predicted molar refractivity (Wildman–Crippen MR) is 91.6 cm³/mol. The van der Waals surface area contributed by atoms with Gasteiger partial charge in [-0.25, -0.2) is 13.8 Å². The van der Waals surface area contributed by atoms with Crippen molar-refractivity contribution in [1.29, 1.82) is 0 Å². The van der Waals surface area contributed by atoms with Crippen LogP contribution in [0.25, 0.3) is 0 Å². The Balaban J connectivity index is 1.92. The van der Waals surface area contributed by atoms with Crippen molar-refractivity contribution in [3.8, 4) is 0 Å². The van der Waals surface area contributed by atoms with Crippen molar-refractivity contribution in [3.05, 3.63) is 71.3 Å². The third-order valence-corrected chi connectivity index (χ3v) is 3.31. The van der Waals surface area contributed by atoms with Crippen LogP contribution in [0, 0.1) is 11.6 Å². The first-order valence-corrected chi connectivity index (χ1v) is 7.36. The number of aromatic amines is 1. The molecule has 0 aliphatic rings. The van der Waals surface area contributed by atoms with Crippen LogP contribution in [0.15, 0.2) is 59.1 Å². The van der Waals surface area contributed by atoms with Crippen LogP contribution in [0.5, 0.6) is 0 Å². The fourth-order valence-corrected chi connectivity index (χ4v) is 1.87. The van der Waals surface area contributed by atoms with E-state index in [1.54, 1.807) is 19.3 Å². The van der Waals surface area contributed by atoms with E-state index in [0.29, 0.717) is 11.5 Å². The molecule has 5 nitrogen and oxygen atoms in total. The van der Waals surface area contributed by atoms with Gasteiger partial charge in [0.1, 0.15) is 17.5 Å². The van der Waals surface area contributed by atoms with Gasteiger partial charge in [0.25, 0.3) is 0 Å². The van der Waals surface area contributed by atoms with Gasteiger partial charge in [-0.2, -0.15) is 5.10 Å². The molecule has 0 radical (unpaired) electrons. The van der Waals surface area contributed by atoms with Crippen LogP contribution in [0.1, 0.15) is 12.5 Å². The summed E-state index contributed by atoms with van der Waals surface area (Å²) in [6, 6.07) is 3.25. The molecular formula is C16H16ClF2N5. The summed E-state index contributed by atoms with van der Waals surface area (Å²) < 4.78 is 26.6. The number of rotatable bonds is 6. The van der Waals surface area contributed by atoms with E-state index in [4.69, 9.17) is 11.6 Å². The molecule has 2 aromatic rings. The molecule has 3 N–H and O–H groups in total. The van der Waals surface area contributed by atoms with Crippen molar-refractivity contribution in [2.45, 2.75) is 13.5 Å². The van der Waals surface area contributed by atoms with E-state index in [9.17, 15) is 8.78 Å². The number of halogens is 3. The zero-order chi connectivity index (χ0) is 17.5. The number of hydrogen-bond donors (Lipinski definition) is 3. The molecule has 0 saturated heterocycles. The lowest BCUT2D eigenvalue weighted by molar-refractivity contribution is 0.579. The van der Waals surface area contributed by atoms with Crippen LogP contribution < -0.4 is 10.6 Å². The first kappa shape index (κ1) is 17.7. The van der Waals surface area contributed by atoms with Gasteiger partial charge in [-0.15, -0.1) is 0 Å². The second kappa shape index (κ2) is 8.26. The fraction of sp³-hybridized carbons (Fsp3) is 0.125. The number of allylic oxidation sites excluding steroid dienone is 1. The highest BCUT2D eigenvalue weighted by Gasteiger charge is 2.05. The summed E-state index contributed by atoms with van der Waals surface area (Å²) in [7, 11) is 0. The molecule has 0 fully saturated rings. The van der Waals surface area contributed by atoms with Gasteiger partial charge < -0.3 is 10.6 Å². The Kier molecular flexibility index (Phi) is 6.08. The van der Waals surface area contributed by atoms with E-state index in [1.165, 1.54) is 6.20 Å². The Morgan fingerprint density at radius 1 is 1.46 bits per heavy atom. The van der Waals surface area contributed by atoms with Crippen LogP contribution in [0.2, 0.25) is 0 Å². The number of aliphatic imine (C=N–C) groups is 1. The van der Waals surface area contributed by atoms with Gasteiger partial charge >= 0.3 is 0 Å². The minimum absolute atomic E-state index is 0.0580. The van der Waals surface area contributed by atoms with Gasteiger partial charge in [0, 0.05) is 30.2 Å². The van der Waals surface area contributed by atoms with E-state index in [-0.39, 0.29) is 17.1 Å². The van der Waals surface area contributed by atoms with E-state index < -0.39 is 11.6 Å². The van der Waals surface area contributed by atoms with Crippen LogP contribution in [0.4, 0.5) is 14.5 Å². The normalized spacial score (nSPS) is 12.2. The number of aromatic nitrogens is 2. The van der Waals surface area contributed by atoms with Crippen LogP contribution in [-0.2, 0) is 6.54 Å². The fourth-order valence-electron chi connectivity index (χ4n) is 1.76. The van der Waals surface area contributed by atoms with Gasteiger partial charge in [-0.1, -0.05) is 18.2 Å². The lowest BCUT2D eigenvalue weighted by atomic mass is 10.2. The molecule has 2 rings (SSSR count). The maximum absolute atomic E-state index is 13.5. The molecule has 1 aromatic heterocycles. The molecule has 0 saturated carbocycles. The Bertz CT molecular complexity index is 769. The Morgan fingerprint density at radius 2 is 2.25 bits per heavy atom. The molecule has 0 atom stereocenters. The molecule has 126 valence electrons. The summed E-state index contributed by atoms with van der Waals surface area (Å²) in [6.07, 6.45) is 4.69. The Hall–Kier alpha value is -2.67. The zero-order valence-corrected chi connectivity index (χ0v) is 13.7. The van der Waals surface area contributed by atoms with E-state index >= 15 is 0 Å². The summed E-state index contributed by atoms with van der Waals surface area (Å²) in [6.45, 7) is 5.56.